The summed E-state index contributed by atoms with van der Waals surface area (Å²) in [7, 11) is -3.60. The lowest BCUT2D eigenvalue weighted by atomic mass is 10.1. The van der Waals surface area contributed by atoms with Gasteiger partial charge in [-0.15, -0.1) is 0 Å². The number of pyridine rings is 2. The summed E-state index contributed by atoms with van der Waals surface area (Å²) in [4.78, 5) is 46.0. The number of halogens is 1. The number of amides is 3. The summed E-state index contributed by atoms with van der Waals surface area (Å²) < 4.78 is 35.2. The average Bonchev–Trinajstić information content (AvgIpc) is 2.88. The van der Waals surface area contributed by atoms with Gasteiger partial charge in [0.05, 0.1) is 27.8 Å². The van der Waals surface area contributed by atoms with Gasteiger partial charge in [-0.05, 0) is 69.7 Å². The molecule has 2 heterocycles. The van der Waals surface area contributed by atoms with Crippen LogP contribution in [0.4, 0.5) is 16.3 Å². The normalized spacial score (nSPS) is 11.3. The van der Waals surface area contributed by atoms with E-state index in [4.69, 9.17) is 21.1 Å². The number of ether oxygens (including phenoxy) is 2. The molecule has 0 bridgehead atoms. The van der Waals surface area contributed by atoms with Gasteiger partial charge in [0.2, 0.25) is 0 Å². The first-order valence-corrected chi connectivity index (χ1v) is 14.6. The number of rotatable bonds is 10. The van der Waals surface area contributed by atoms with Crippen LogP contribution in [0.3, 0.4) is 0 Å². The lowest BCUT2D eigenvalue weighted by Crippen LogP contribution is -2.33. The SMILES string of the molecule is CC(C)(C)OC(=O)NCCCOc1cc(S(C)(=O)=O)ccc1C(=O)Nc1cccnc1C(=O)Nc1ccc(Cl)cn1. The highest BCUT2D eigenvalue weighted by Gasteiger charge is 2.21. The van der Waals surface area contributed by atoms with Gasteiger partial charge in [-0.2, -0.15) is 0 Å². The molecule has 2 aromatic heterocycles. The zero-order valence-electron chi connectivity index (χ0n) is 22.9. The summed E-state index contributed by atoms with van der Waals surface area (Å²) >= 11 is 5.83. The number of alkyl carbamates (subject to hydrolysis) is 1. The smallest absolute Gasteiger partial charge is 0.407 e. The zero-order valence-corrected chi connectivity index (χ0v) is 24.4. The number of nitrogens with one attached hydrogen (secondary N) is 3. The lowest BCUT2D eigenvalue weighted by Gasteiger charge is -2.19. The quantitative estimate of drug-likeness (QED) is 0.286. The van der Waals surface area contributed by atoms with Crippen molar-refractivity contribution in [2.45, 2.75) is 37.7 Å². The van der Waals surface area contributed by atoms with E-state index < -0.39 is 33.3 Å². The molecule has 0 aliphatic carbocycles. The number of benzene rings is 1. The Hall–Kier alpha value is -4.23. The maximum atomic E-state index is 13.3. The first-order valence-electron chi connectivity index (χ1n) is 12.4. The predicted octanol–water partition coefficient (Wildman–Crippen LogP) is 4.33. The standard InChI is InChI=1S/C27H30ClN5O7S/c1-27(2,3)40-26(36)30-13-6-14-39-21-15-18(41(4,37)38)9-10-19(21)24(34)32-20-7-5-12-29-23(20)25(35)33-22-11-8-17(28)16-31-22/h5,7-12,15-16H,6,13-14H2,1-4H3,(H,30,36)(H,32,34)(H,31,33,35). The van der Waals surface area contributed by atoms with Crippen molar-refractivity contribution in [2.24, 2.45) is 0 Å². The van der Waals surface area contributed by atoms with Crippen molar-refractivity contribution >= 4 is 50.9 Å². The second-order valence-corrected chi connectivity index (χ2v) is 12.2. The Balaban J connectivity index is 1.74. The van der Waals surface area contributed by atoms with Gasteiger partial charge in [0.25, 0.3) is 11.8 Å². The lowest BCUT2D eigenvalue weighted by molar-refractivity contribution is 0.0525. The van der Waals surface area contributed by atoms with Gasteiger partial charge in [-0.3, -0.25) is 9.59 Å². The summed E-state index contributed by atoms with van der Waals surface area (Å²) in [6.45, 7) is 5.51. The highest BCUT2D eigenvalue weighted by Crippen LogP contribution is 2.25. The maximum absolute atomic E-state index is 13.3. The van der Waals surface area contributed by atoms with Gasteiger partial charge >= 0.3 is 6.09 Å². The number of anilines is 2. The van der Waals surface area contributed by atoms with Gasteiger partial charge in [0.15, 0.2) is 15.5 Å². The fraction of sp³-hybridized carbons (Fsp3) is 0.296. The van der Waals surface area contributed by atoms with Gasteiger partial charge in [0.1, 0.15) is 17.2 Å². The molecule has 0 spiro atoms. The minimum atomic E-state index is -3.60. The van der Waals surface area contributed by atoms with Crippen molar-refractivity contribution < 1.29 is 32.3 Å². The van der Waals surface area contributed by atoms with Crippen LogP contribution >= 0.6 is 11.6 Å². The third kappa shape index (κ3) is 9.72. The molecule has 218 valence electrons. The average molecular weight is 604 g/mol. The highest BCUT2D eigenvalue weighted by molar-refractivity contribution is 7.90. The molecule has 0 unspecified atom stereocenters. The Labute approximate surface area is 242 Å². The summed E-state index contributed by atoms with van der Waals surface area (Å²) in [5.41, 5.74) is -0.604. The van der Waals surface area contributed by atoms with Crippen molar-refractivity contribution in [2.75, 3.05) is 30.0 Å². The van der Waals surface area contributed by atoms with Crippen LogP contribution in [-0.2, 0) is 14.6 Å². The molecular formula is C27H30ClN5O7S. The van der Waals surface area contributed by atoms with Crippen LogP contribution in [0.2, 0.25) is 5.02 Å². The van der Waals surface area contributed by atoms with E-state index in [-0.39, 0.29) is 46.6 Å². The largest absolute Gasteiger partial charge is 0.493 e. The second-order valence-electron chi connectivity index (χ2n) is 9.73. The number of hydrogen-bond acceptors (Lipinski definition) is 9. The van der Waals surface area contributed by atoms with Crippen molar-refractivity contribution in [3.8, 4) is 5.75 Å². The Morgan fingerprint density at radius 3 is 2.41 bits per heavy atom. The van der Waals surface area contributed by atoms with E-state index in [0.29, 0.717) is 11.4 Å². The third-order valence-corrected chi connectivity index (χ3v) is 6.45. The number of aromatic nitrogens is 2. The number of carbonyl (C=O) groups is 3. The van der Waals surface area contributed by atoms with Crippen LogP contribution in [0.25, 0.3) is 0 Å². The summed E-state index contributed by atoms with van der Waals surface area (Å²) in [5, 5.41) is 8.21. The first-order chi connectivity index (χ1) is 19.2. The van der Waals surface area contributed by atoms with Crippen LogP contribution in [0.5, 0.6) is 5.75 Å². The van der Waals surface area contributed by atoms with Crippen molar-refractivity contribution in [1.29, 1.82) is 0 Å². The van der Waals surface area contributed by atoms with Crippen LogP contribution in [-0.4, -0.2) is 61.3 Å². The van der Waals surface area contributed by atoms with Gasteiger partial charge in [-0.25, -0.2) is 23.2 Å². The summed E-state index contributed by atoms with van der Waals surface area (Å²) in [5.74, 6) is -1.06. The molecule has 12 nitrogen and oxygen atoms in total. The first kappa shape index (κ1) is 31.3. The minimum Gasteiger partial charge on any atom is -0.493 e. The number of carbonyl (C=O) groups excluding carboxylic acids is 3. The molecular weight excluding hydrogens is 574 g/mol. The number of hydrogen-bond donors (Lipinski definition) is 3. The monoisotopic (exact) mass is 603 g/mol. The van der Waals surface area contributed by atoms with Crippen molar-refractivity contribution in [3.63, 3.8) is 0 Å². The van der Waals surface area contributed by atoms with E-state index in [1.807, 2.05) is 0 Å². The zero-order chi connectivity index (χ0) is 30.2. The van der Waals surface area contributed by atoms with Gasteiger partial charge in [0, 0.05) is 25.2 Å². The van der Waals surface area contributed by atoms with Crippen LogP contribution in [0, 0.1) is 0 Å². The molecule has 3 aromatic rings. The molecule has 0 aliphatic rings. The molecule has 0 saturated carbocycles. The van der Waals surface area contributed by atoms with Crippen molar-refractivity contribution in [3.05, 3.63) is 71.1 Å². The Kier molecular flexibility index (Phi) is 10.2. The summed E-state index contributed by atoms with van der Waals surface area (Å²) in [6.07, 6.45) is 3.55. The van der Waals surface area contributed by atoms with Crippen LogP contribution in [0.1, 0.15) is 48.0 Å². The molecule has 41 heavy (non-hydrogen) atoms. The van der Waals surface area contributed by atoms with E-state index in [1.165, 1.54) is 48.8 Å². The van der Waals surface area contributed by atoms with Gasteiger partial charge < -0.3 is 25.4 Å². The minimum absolute atomic E-state index is 0.00273. The molecule has 0 saturated heterocycles. The Bertz CT molecular complexity index is 1520. The fourth-order valence-electron chi connectivity index (χ4n) is 3.30. The topological polar surface area (TPSA) is 166 Å². The molecule has 3 amide bonds. The molecule has 0 aliphatic heterocycles. The predicted molar refractivity (Wildman–Crippen MR) is 153 cm³/mol. The maximum Gasteiger partial charge on any atom is 0.407 e. The Morgan fingerprint density at radius 1 is 1.00 bits per heavy atom. The van der Waals surface area contributed by atoms with Crippen molar-refractivity contribution in [1.82, 2.24) is 15.3 Å². The molecule has 0 radical (unpaired) electrons. The van der Waals surface area contributed by atoms with E-state index >= 15 is 0 Å². The third-order valence-electron chi connectivity index (χ3n) is 5.11. The van der Waals surface area contributed by atoms with E-state index in [9.17, 15) is 22.8 Å². The van der Waals surface area contributed by atoms with E-state index in [2.05, 4.69) is 25.9 Å². The number of nitrogens with zero attached hydrogens (tertiary/aromatic N) is 2. The molecule has 0 fully saturated rings. The second kappa shape index (κ2) is 13.4. The molecule has 3 N–H and O–H groups in total. The van der Waals surface area contributed by atoms with Gasteiger partial charge in [-0.1, -0.05) is 11.6 Å². The highest BCUT2D eigenvalue weighted by atomic mass is 35.5. The van der Waals surface area contributed by atoms with E-state index in [1.54, 1.807) is 26.8 Å². The van der Waals surface area contributed by atoms with E-state index in [0.717, 1.165) is 6.26 Å². The molecule has 14 heteroatoms. The van der Waals surface area contributed by atoms with Crippen LogP contribution in [0.15, 0.2) is 59.8 Å². The fourth-order valence-corrected chi connectivity index (χ4v) is 4.05. The Morgan fingerprint density at radius 2 is 1.76 bits per heavy atom. The van der Waals surface area contributed by atoms with Crippen LogP contribution < -0.4 is 20.7 Å². The molecule has 1 aromatic carbocycles. The number of sulfone groups is 1. The molecule has 0 atom stereocenters. The summed E-state index contributed by atoms with van der Waals surface area (Å²) in [6, 6.07) is 9.93. The molecule has 3 rings (SSSR count).